The molecule has 0 heterocycles. The van der Waals surface area contributed by atoms with Gasteiger partial charge in [0.15, 0.2) is 0 Å². The molecule has 2 rings (SSSR count). The first-order valence-electron chi connectivity index (χ1n) is 8.58. The largest absolute Gasteiger partial charge is 0.352 e. The lowest BCUT2D eigenvalue weighted by atomic mass is 9.91. The van der Waals surface area contributed by atoms with Gasteiger partial charge in [0.25, 0.3) is 5.91 Å². The molecule has 0 aromatic heterocycles. The van der Waals surface area contributed by atoms with Gasteiger partial charge in [0.2, 0.25) is 0 Å². The number of allylic oxidation sites excluding steroid dienone is 2. The van der Waals surface area contributed by atoms with E-state index in [0.29, 0.717) is 12.1 Å². The van der Waals surface area contributed by atoms with Crippen LogP contribution >= 0.6 is 11.6 Å². The Hall–Kier alpha value is -2.06. The Labute approximate surface area is 155 Å². The van der Waals surface area contributed by atoms with Gasteiger partial charge in [-0.1, -0.05) is 68.8 Å². The highest BCUT2D eigenvalue weighted by molar-refractivity contribution is 6.31. The number of hydrogen-bond acceptors (Lipinski definition) is 1. The summed E-state index contributed by atoms with van der Waals surface area (Å²) in [5, 5.41) is 3.69. The summed E-state index contributed by atoms with van der Waals surface area (Å²) in [6.45, 7) is 9.20. The highest BCUT2D eigenvalue weighted by atomic mass is 35.5. The third-order valence-corrected chi connectivity index (χ3v) is 4.26. The summed E-state index contributed by atoms with van der Waals surface area (Å²) in [7, 11) is 0. The lowest BCUT2D eigenvalue weighted by Gasteiger charge is -2.14. The zero-order valence-corrected chi connectivity index (χ0v) is 16.2. The van der Waals surface area contributed by atoms with Gasteiger partial charge in [-0.15, -0.1) is 0 Å². The van der Waals surface area contributed by atoms with Gasteiger partial charge in [-0.05, 0) is 53.7 Å². The fraction of sp³-hybridized carbons (Fsp3) is 0.318. The molecule has 0 saturated carbocycles. The number of carbonyl (C=O) groups excluding carboxylic acids is 1. The molecule has 0 aliphatic carbocycles. The molecule has 1 N–H and O–H groups in total. The zero-order chi connectivity index (χ0) is 18.4. The second-order valence-electron chi connectivity index (χ2n) is 7.37. The van der Waals surface area contributed by atoms with E-state index < -0.39 is 0 Å². The number of benzene rings is 2. The number of rotatable bonds is 5. The summed E-state index contributed by atoms with van der Waals surface area (Å²) in [4.78, 5) is 12.3. The van der Waals surface area contributed by atoms with Crippen molar-refractivity contribution in [3.05, 3.63) is 76.3 Å². The lowest BCUT2D eigenvalue weighted by Crippen LogP contribution is -2.25. The fourth-order valence-electron chi connectivity index (χ4n) is 2.73. The first-order valence-corrected chi connectivity index (χ1v) is 8.95. The van der Waals surface area contributed by atoms with E-state index in [0.717, 1.165) is 22.6 Å². The van der Waals surface area contributed by atoms with Gasteiger partial charge in [-0.2, -0.15) is 0 Å². The Morgan fingerprint density at radius 2 is 1.64 bits per heavy atom. The molecule has 3 heteroatoms. The average Bonchev–Trinajstić information content (AvgIpc) is 2.55. The van der Waals surface area contributed by atoms with E-state index in [9.17, 15) is 4.79 Å². The molecule has 0 bridgehead atoms. The molecular weight excluding hydrogens is 330 g/mol. The first-order chi connectivity index (χ1) is 11.8. The van der Waals surface area contributed by atoms with E-state index in [2.05, 4.69) is 39.1 Å². The summed E-state index contributed by atoms with van der Waals surface area (Å²) in [6, 6.07) is 15.5. The standard InChI is InChI=1S/C22H26ClNO/c1-16(15-22(2,3)4)17-9-11-19(12-10-17)21(25)24-14-13-18-7-5-6-8-20(18)23/h5-12,15H,13-14H2,1-4H3,(H,24,25)/b16-15+. The van der Waals surface area contributed by atoms with Crippen molar-refractivity contribution >= 4 is 23.1 Å². The molecule has 0 radical (unpaired) electrons. The van der Waals surface area contributed by atoms with E-state index in [-0.39, 0.29) is 11.3 Å². The van der Waals surface area contributed by atoms with Gasteiger partial charge in [0, 0.05) is 17.1 Å². The lowest BCUT2D eigenvalue weighted by molar-refractivity contribution is 0.0954. The van der Waals surface area contributed by atoms with E-state index in [4.69, 9.17) is 11.6 Å². The maximum Gasteiger partial charge on any atom is 0.251 e. The van der Waals surface area contributed by atoms with E-state index in [1.807, 2.05) is 48.5 Å². The minimum absolute atomic E-state index is 0.0592. The van der Waals surface area contributed by atoms with Crippen LogP contribution in [-0.2, 0) is 6.42 Å². The number of carbonyl (C=O) groups is 1. The smallest absolute Gasteiger partial charge is 0.251 e. The summed E-state index contributed by atoms with van der Waals surface area (Å²) in [6.07, 6.45) is 2.96. The number of hydrogen-bond donors (Lipinski definition) is 1. The van der Waals surface area contributed by atoms with E-state index in [1.165, 1.54) is 5.57 Å². The highest BCUT2D eigenvalue weighted by Crippen LogP contribution is 2.23. The van der Waals surface area contributed by atoms with Crippen LogP contribution < -0.4 is 5.32 Å². The monoisotopic (exact) mass is 355 g/mol. The summed E-state index contributed by atoms with van der Waals surface area (Å²) >= 11 is 6.13. The molecule has 2 aromatic carbocycles. The van der Waals surface area contributed by atoms with Crippen LogP contribution in [0.3, 0.4) is 0 Å². The second-order valence-corrected chi connectivity index (χ2v) is 7.78. The Bertz CT molecular complexity index is 754. The molecule has 2 aromatic rings. The predicted octanol–water partition coefficient (Wildman–Crippen LogP) is 5.76. The van der Waals surface area contributed by atoms with Crippen LogP contribution in [0.15, 0.2) is 54.6 Å². The molecule has 0 fully saturated rings. The number of amides is 1. The molecule has 132 valence electrons. The summed E-state index contributed by atoms with van der Waals surface area (Å²) < 4.78 is 0. The molecule has 0 saturated heterocycles. The van der Waals surface area contributed by atoms with E-state index >= 15 is 0 Å². The second kappa shape index (κ2) is 8.35. The normalized spacial score (nSPS) is 12.1. The third-order valence-electron chi connectivity index (χ3n) is 3.89. The molecule has 0 atom stereocenters. The van der Waals surface area contributed by atoms with Crippen molar-refractivity contribution in [2.24, 2.45) is 5.41 Å². The predicted molar refractivity (Wildman–Crippen MR) is 107 cm³/mol. The minimum atomic E-state index is -0.0592. The molecule has 0 unspecified atom stereocenters. The van der Waals surface area contributed by atoms with Gasteiger partial charge < -0.3 is 5.32 Å². The first kappa shape index (κ1) is 19.3. The molecule has 0 spiro atoms. The van der Waals surface area contributed by atoms with Crippen molar-refractivity contribution in [1.82, 2.24) is 5.32 Å². The van der Waals surface area contributed by atoms with Crippen molar-refractivity contribution in [3.8, 4) is 0 Å². The Kier molecular flexibility index (Phi) is 6.44. The highest BCUT2D eigenvalue weighted by Gasteiger charge is 2.09. The van der Waals surface area contributed by atoms with Gasteiger partial charge in [-0.25, -0.2) is 0 Å². The van der Waals surface area contributed by atoms with Crippen molar-refractivity contribution in [2.45, 2.75) is 34.1 Å². The summed E-state index contributed by atoms with van der Waals surface area (Å²) in [5.74, 6) is -0.0592. The Morgan fingerprint density at radius 3 is 2.24 bits per heavy atom. The zero-order valence-electron chi connectivity index (χ0n) is 15.4. The van der Waals surface area contributed by atoms with Crippen LogP contribution in [0.4, 0.5) is 0 Å². The number of nitrogens with one attached hydrogen (secondary N) is 1. The Balaban J connectivity index is 1.94. The van der Waals surface area contributed by atoms with Crippen LogP contribution in [0.1, 0.15) is 49.2 Å². The molecular formula is C22H26ClNO. The number of halogens is 1. The van der Waals surface area contributed by atoms with Gasteiger partial charge in [0.05, 0.1) is 0 Å². The quantitative estimate of drug-likeness (QED) is 0.725. The molecule has 2 nitrogen and oxygen atoms in total. The van der Waals surface area contributed by atoms with Gasteiger partial charge in [-0.3, -0.25) is 4.79 Å². The van der Waals surface area contributed by atoms with Crippen LogP contribution in [0.5, 0.6) is 0 Å². The van der Waals surface area contributed by atoms with E-state index in [1.54, 1.807) is 0 Å². The molecule has 1 amide bonds. The van der Waals surface area contributed by atoms with Crippen LogP contribution in [0.2, 0.25) is 5.02 Å². The molecule has 0 aliphatic heterocycles. The third kappa shape index (κ3) is 6.06. The van der Waals surface area contributed by atoms with Gasteiger partial charge in [0.1, 0.15) is 0 Å². The van der Waals surface area contributed by atoms with Crippen LogP contribution in [-0.4, -0.2) is 12.5 Å². The fourth-order valence-corrected chi connectivity index (χ4v) is 2.96. The molecule has 25 heavy (non-hydrogen) atoms. The van der Waals surface area contributed by atoms with Gasteiger partial charge >= 0.3 is 0 Å². The van der Waals surface area contributed by atoms with Crippen molar-refractivity contribution < 1.29 is 4.79 Å². The maximum atomic E-state index is 12.3. The molecule has 0 aliphatic rings. The Morgan fingerprint density at radius 1 is 1.04 bits per heavy atom. The van der Waals surface area contributed by atoms with Crippen LogP contribution in [0.25, 0.3) is 5.57 Å². The van der Waals surface area contributed by atoms with Crippen molar-refractivity contribution in [2.75, 3.05) is 6.54 Å². The summed E-state index contributed by atoms with van der Waals surface area (Å²) in [5.41, 5.74) is 4.22. The maximum absolute atomic E-state index is 12.3. The SMILES string of the molecule is C/C(=C\C(C)(C)C)c1ccc(C(=O)NCCc2ccccc2Cl)cc1. The van der Waals surface area contributed by atoms with Crippen molar-refractivity contribution in [3.63, 3.8) is 0 Å². The van der Waals surface area contributed by atoms with Crippen LogP contribution in [0, 0.1) is 5.41 Å². The average molecular weight is 356 g/mol. The minimum Gasteiger partial charge on any atom is -0.352 e. The topological polar surface area (TPSA) is 29.1 Å². The van der Waals surface area contributed by atoms with Crippen molar-refractivity contribution in [1.29, 1.82) is 0 Å².